The lowest BCUT2D eigenvalue weighted by Gasteiger charge is -2.33. The van der Waals surface area contributed by atoms with Crippen LogP contribution >= 0.6 is 0 Å². The molecule has 23 heavy (non-hydrogen) atoms. The molecule has 0 aliphatic carbocycles. The van der Waals surface area contributed by atoms with Crippen LogP contribution in [-0.2, 0) is 11.3 Å². The van der Waals surface area contributed by atoms with Gasteiger partial charge in [0, 0.05) is 11.3 Å². The van der Waals surface area contributed by atoms with E-state index in [-0.39, 0.29) is 12.1 Å². The first kappa shape index (κ1) is 15.8. The summed E-state index contributed by atoms with van der Waals surface area (Å²) < 4.78 is 11.6. The van der Waals surface area contributed by atoms with Gasteiger partial charge in [0.15, 0.2) is 0 Å². The van der Waals surface area contributed by atoms with Crippen molar-refractivity contribution in [2.45, 2.75) is 31.6 Å². The van der Waals surface area contributed by atoms with Crippen molar-refractivity contribution in [3.05, 3.63) is 59.7 Å². The minimum Gasteiger partial charge on any atom is -0.496 e. The Labute approximate surface area is 137 Å². The molecule has 0 bridgehead atoms. The van der Waals surface area contributed by atoms with Crippen molar-refractivity contribution in [1.29, 1.82) is 0 Å². The zero-order valence-electron chi connectivity index (χ0n) is 13.5. The Morgan fingerprint density at radius 1 is 1.17 bits per heavy atom. The fourth-order valence-electron chi connectivity index (χ4n) is 3.14. The fourth-order valence-corrected chi connectivity index (χ4v) is 3.14. The number of anilines is 1. The lowest BCUT2D eigenvalue weighted by molar-refractivity contribution is -0.00423. The molecule has 0 saturated carbocycles. The minimum absolute atomic E-state index is 0.150. The summed E-state index contributed by atoms with van der Waals surface area (Å²) in [6.07, 6.45) is 2.33. The van der Waals surface area contributed by atoms with Crippen molar-refractivity contribution >= 4 is 5.69 Å². The molecule has 1 aliphatic heterocycles. The molecule has 1 fully saturated rings. The predicted molar refractivity (Wildman–Crippen MR) is 92.4 cm³/mol. The van der Waals surface area contributed by atoms with Gasteiger partial charge in [-0.05, 0) is 43.1 Å². The molecule has 4 nitrogen and oxygen atoms in total. The van der Waals surface area contributed by atoms with Crippen molar-refractivity contribution < 1.29 is 9.47 Å². The molecule has 2 aromatic carbocycles. The molecule has 122 valence electrons. The third-order valence-electron chi connectivity index (χ3n) is 4.32. The van der Waals surface area contributed by atoms with Gasteiger partial charge < -0.3 is 20.5 Å². The van der Waals surface area contributed by atoms with Gasteiger partial charge in [-0.25, -0.2) is 0 Å². The molecule has 0 amide bonds. The molecule has 0 radical (unpaired) electrons. The zero-order valence-corrected chi connectivity index (χ0v) is 13.5. The summed E-state index contributed by atoms with van der Waals surface area (Å²) in [5.41, 5.74) is 8.88. The van der Waals surface area contributed by atoms with Crippen molar-refractivity contribution in [3.63, 3.8) is 0 Å². The molecule has 0 unspecified atom stereocenters. The molecule has 1 heterocycles. The van der Waals surface area contributed by atoms with Gasteiger partial charge in [0.25, 0.3) is 0 Å². The molecule has 3 rings (SSSR count). The van der Waals surface area contributed by atoms with Gasteiger partial charge in [-0.2, -0.15) is 0 Å². The third kappa shape index (κ3) is 3.84. The number of nitrogens with two attached hydrogens (primary N) is 1. The number of nitrogen functional groups attached to an aromatic ring is 1. The summed E-state index contributed by atoms with van der Waals surface area (Å²) >= 11 is 0. The summed E-state index contributed by atoms with van der Waals surface area (Å²) in [5, 5.41) is 3.58. The average molecular weight is 312 g/mol. The van der Waals surface area contributed by atoms with E-state index in [0.29, 0.717) is 6.61 Å². The summed E-state index contributed by atoms with van der Waals surface area (Å²) in [4.78, 5) is 0. The number of hydrogen-bond acceptors (Lipinski definition) is 4. The summed E-state index contributed by atoms with van der Waals surface area (Å²) in [7, 11) is 1.67. The standard InChI is InChI=1S/C19H24N2O2/c1-22-17-10-9-16(20)12-15(17)13-23-18-8-5-11-21-19(18)14-6-3-2-4-7-14/h2-4,6-7,9-10,12,18-19,21H,5,8,11,13,20H2,1H3/t18-,19-/m0/s1. The minimum atomic E-state index is 0.150. The molecule has 1 saturated heterocycles. The van der Waals surface area contributed by atoms with Crippen molar-refractivity contribution in [3.8, 4) is 5.75 Å². The lowest BCUT2D eigenvalue weighted by Crippen LogP contribution is -2.39. The van der Waals surface area contributed by atoms with E-state index >= 15 is 0 Å². The van der Waals surface area contributed by atoms with Crippen LogP contribution in [0.1, 0.15) is 30.0 Å². The van der Waals surface area contributed by atoms with Gasteiger partial charge in [0.2, 0.25) is 0 Å². The largest absolute Gasteiger partial charge is 0.496 e. The van der Waals surface area contributed by atoms with Gasteiger partial charge in [-0.3, -0.25) is 0 Å². The van der Waals surface area contributed by atoms with Crippen molar-refractivity contribution in [2.75, 3.05) is 19.4 Å². The fraction of sp³-hybridized carbons (Fsp3) is 0.368. The van der Waals surface area contributed by atoms with Gasteiger partial charge in [0.05, 0.1) is 25.9 Å². The highest BCUT2D eigenvalue weighted by atomic mass is 16.5. The van der Waals surface area contributed by atoms with E-state index in [0.717, 1.165) is 36.4 Å². The number of nitrogens with one attached hydrogen (secondary N) is 1. The molecule has 0 aromatic heterocycles. The Balaban J connectivity index is 1.72. The van der Waals surface area contributed by atoms with Crippen LogP contribution < -0.4 is 15.8 Å². The molecule has 2 aromatic rings. The van der Waals surface area contributed by atoms with Crippen LogP contribution in [0.15, 0.2) is 48.5 Å². The van der Waals surface area contributed by atoms with Crippen molar-refractivity contribution in [2.24, 2.45) is 0 Å². The van der Waals surface area contributed by atoms with E-state index in [9.17, 15) is 0 Å². The second-order valence-corrected chi connectivity index (χ2v) is 5.91. The van der Waals surface area contributed by atoms with Gasteiger partial charge in [-0.1, -0.05) is 30.3 Å². The number of rotatable bonds is 5. The Kier molecular flexibility index (Phi) is 5.16. The van der Waals surface area contributed by atoms with E-state index in [1.54, 1.807) is 7.11 Å². The summed E-state index contributed by atoms with van der Waals surface area (Å²) in [6.45, 7) is 1.53. The lowest BCUT2D eigenvalue weighted by atomic mass is 9.94. The molecule has 0 spiro atoms. The third-order valence-corrected chi connectivity index (χ3v) is 4.32. The first-order valence-corrected chi connectivity index (χ1v) is 8.10. The second-order valence-electron chi connectivity index (χ2n) is 5.91. The maximum atomic E-state index is 6.24. The maximum absolute atomic E-state index is 6.24. The molecule has 1 aliphatic rings. The Bertz CT molecular complexity index is 631. The average Bonchev–Trinajstić information content (AvgIpc) is 2.61. The second kappa shape index (κ2) is 7.49. The van der Waals surface area contributed by atoms with Crippen LogP contribution in [0.4, 0.5) is 5.69 Å². The van der Waals surface area contributed by atoms with E-state index in [1.807, 2.05) is 24.3 Å². The number of benzene rings is 2. The van der Waals surface area contributed by atoms with Crippen LogP contribution in [0, 0.1) is 0 Å². The molecule has 2 atom stereocenters. The van der Waals surface area contributed by atoms with Crippen LogP contribution in [0.5, 0.6) is 5.75 Å². The number of hydrogen-bond donors (Lipinski definition) is 2. The number of piperidine rings is 1. The van der Waals surface area contributed by atoms with Crippen molar-refractivity contribution in [1.82, 2.24) is 5.32 Å². The quantitative estimate of drug-likeness (QED) is 0.832. The van der Waals surface area contributed by atoms with E-state index < -0.39 is 0 Å². The highest BCUT2D eigenvalue weighted by molar-refractivity contribution is 5.47. The monoisotopic (exact) mass is 312 g/mol. The Hall–Kier alpha value is -2.04. The first-order valence-electron chi connectivity index (χ1n) is 8.10. The molecule has 3 N–H and O–H groups in total. The van der Waals surface area contributed by atoms with Crippen LogP contribution in [0.3, 0.4) is 0 Å². The first-order chi connectivity index (χ1) is 11.3. The summed E-state index contributed by atoms with van der Waals surface area (Å²) in [6, 6.07) is 16.4. The zero-order chi connectivity index (χ0) is 16.1. The number of ether oxygens (including phenoxy) is 2. The highest BCUT2D eigenvalue weighted by Gasteiger charge is 2.27. The van der Waals surface area contributed by atoms with Gasteiger partial charge in [0.1, 0.15) is 5.75 Å². The Morgan fingerprint density at radius 2 is 2.00 bits per heavy atom. The van der Waals surface area contributed by atoms with Gasteiger partial charge in [-0.15, -0.1) is 0 Å². The number of methoxy groups -OCH3 is 1. The van der Waals surface area contributed by atoms with E-state index in [2.05, 4.69) is 29.6 Å². The van der Waals surface area contributed by atoms with Crippen LogP contribution in [0.2, 0.25) is 0 Å². The molecular formula is C19H24N2O2. The summed E-state index contributed by atoms with van der Waals surface area (Å²) in [5.74, 6) is 0.819. The Morgan fingerprint density at radius 3 is 2.78 bits per heavy atom. The molecular weight excluding hydrogens is 288 g/mol. The smallest absolute Gasteiger partial charge is 0.124 e. The van der Waals surface area contributed by atoms with Gasteiger partial charge >= 0.3 is 0 Å². The SMILES string of the molecule is COc1ccc(N)cc1CO[C@H]1CCCN[C@H]1c1ccccc1. The highest BCUT2D eigenvalue weighted by Crippen LogP contribution is 2.29. The van der Waals surface area contributed by atoms with Crippen LogP contribution in [-0.4, -0.2) is 19.8 Å². The van der Waals surface area contributed by atoms with E-state index in [4.69, 9.17) is 15.2 Å². The maximum Gasteiger partial charge on any atom is 0.124 e. The predicted octanol–water partition coefficient (Wildman–Crippen LogP) is 3.29. The molecule has 4 heteroatoms. The normalized spacial score (nSPS) is 21.1. The van der Waals surface area contributed by atoms with E-state index in [1.165, 1.54) is 5.56 Å². The van der Waals surface area contributed by atoms with Crippen LogP contribution in [0.25, 0.3) is 0 Å². The topological polar surface area (TPSA) is 56.5 Å².